The van der Waals surface area contributed by atoms with Crippen LogP contribution >= 0.6 is 0 Å². The van der Waals surface area contributed by atoms with E-state index in [0.717, 1.165) is 64.6 Å². The summed E-state index contributed by atoms with van der Waals surface area (Å²) in [5.74, 6) is 2.79. The van der Waals surface area contributed by atoms with Crippen LogP contribution in [0.2, 0.25) is 0 Å². The standard InChI is InChI=1S/C25H28N6O2/c1-16(20-7-9-33-15-20)29-25-24-19(6-8-26-25)12-27-23(30-24)11-18-5-4-17(10-22(18)32-3)21-13-28-31(2)14-21/h4-6,8,10,12-14,16,20H,7,9,11,15H2,1-3H3,(H,26,29). The largest absolute Gasteiger partial charge is 0.496 e. The number of benzene rings is 1. The lowest BCUT2D eigenvalue weighted by atomic mass is 10.0. The average Bonchev–Trinajstić information content (AvgIpc) is 3.52. The van der Waals surface area contributed by atoms with Gasteiger partial charge in [0.2, 0.25) is 0 Å². The lowest BCUT2D eigenvalue weighted by Crippen LogP contribution is -2.26. The predicted molar refractivity (Wildman–Crippen MR) is 127 cm³/mol. The van der Waals surface area contributed by atoms with Crippen molar-refractivity contribution in [1.82, 2.24) is 24.7 Å². The number of aromatic nitrogens is 5. The lowest BCUT2D eigenvalue weighted by Gasteiger charge is -2.20. The third kappa shape index (κ3) is 4.52. The van der Waals surface area contributed by atoms with E-state index in [2.05, 4.69) is 39.4 Å². The van der Waals surface area contributed by atoms with Gasteiger partial charge in [-0.2, -0.15) is 5.10 Å². The van der Waals surface area contributed by atoms with Crippen LogP contribution < -0.4 is 10.1 Å². The molecule has 8 nitrogen and oxygen atoms in total. The van der Waals surface area contributed by atoms with Gasteiger partial charge in [0.25, 0.3) is 0 Å². The van der Waals surface area contributed by atoms with Crippen LogP contribution in [0.15, 0.2) is 49.1 Å². The zero-order valence-electron chi connectivity index (χ0n) is 19.2. The zero-order chi connectivity index (χ0) is 22.8. The number of pyridine rings is 1. The van der Waals surface area contributed by atoms with Gasteiger partial charge in [-0.05, 0) is 31.0 Å². The molecule has 1 aliphatic rings. The van der Waals surface area contributed by atoms with E-state index in [0.29, 0.717) is 12.3 Å². The number of rotatable bonds is 7. The fourth-order valence-corrected chi connectivity index (χ4v) is 4.27. The van der Waals surface area contributed by atoms with Gasteiger partial charge in [-0.3, -0.25) is 4.68 Å². The minimum Gasteiger partial charge on any atom is -0.496 e. The summed E-state index contributed by atoms with van der Waals surface area (Å²) in [4.78, 5) is 14.0. The van der Waals surface area contributed by atoms with Gasteiger partial charge >= 0.3 is 0 Å². The summed E-state index contributed by atoms with van der Waals surface area (Å²) in [5.41, 5.74) is 3.97. The van der Waals surface area contributed by atoms with Crippen LogP contribution in [0, 0.1) is 5.92 Å². The second-order valence-corrected chi connectivity index (χ2v) is 8.55. The van der Waals surface area contributed by atoms with Crippen LogP contribution in [0.1, 0.15) is 24.7 Å². The van der Waals surface area contributed by atoms with Gasteiger partial charge < -0.3 is 14.8 Å². The molecule has 0 aliphatic carbocycles. The molecule has 0 radical (unpaired) electrons. The van der Waals surface area contributed by atoms with E-state index in [-0.39, 0.29) is 6.04 Å². The molecule has 2 atom stereocenters. The maximum Gasteiger partial charge on any atom is 0.152 e. The molecule has 3 aromatic heterocycles. The summed E-state index contributed by atoms with van der Waals surface area (Å²) < 4.78 is 13.0. The van der Waals surface area contributed by atoms with Crippen LogP contribution in [0.3, 0.4) is 0 Å². The summed E-state index contributed by atoms with van der Waals surface area (Å²) in [7, 11) is 3.60. The molecule has 1 fully saturated rings. The summed E-state index contributed by atoms with van der Waals surface area (Å²) in [6.45, 7) is 3.79. The van der Waals surface area contributed by atoms with Crippen molar-refractivity contribution in [1.29, 1.82) is 0 Å². The van der Waals surface area contributed by atoms with Crippen molar-refractivity contribution in [2.24, 2.45) is 13.0 Å². The van der Waals surface area contributed by atoms with Gasteiger partial charge in [0.1, 0.15) is 17.1 Å². The first-order valence-electron chi connectivity index (χ1n) is 11.2. The number of nitrogens with zero attached hydrogens (tertiary/aromatic N) is 5. The van der Waals surface area contributed by atoms with Crippen molar-refractivity contribution >= 4 is 16.7 Å². The molecule has 170 valence electrons. The van der Waals surface area contributed by atoms with E-state index in [1.165, 1.54) is 0 Å². The minimum absolute atomic E-state index is 0.254. The SMILES string of the molecule is COc1cc(-c2cnn(C)c2)ccc1Cc1ncc2ccnc(NC(C)C3CCOC3)c2n1. The molecule has 1 saturated heterocycles. The number of aryl methyl sites for hydroxylation is 1. The summed E-state index contributed by atoms with van der Waals surface area (Å²) in [6, 6.07) is 8.38. The first-order chi connectivity index (χ1) is 16.1. The van der Waals surface area contributed by atoms with E-state index >= 15 is 0 Å². The predicted octanol–water partition coefficient (Wildman–Crippen LogP) is 3.86. The topological polar surface area (TPSA) is 87.0 Å². The molecule has 1 aliphatic heterocycles. The first kappa shape index (κ1) is 21.3. The maximum atomic E-state index is 5.69. The lowest BCUT2D eigenvalue weighted by molar-refractivity contribution is 0.183. The number of hydrogen-bond donors (Lipinski definition) is 1. The van der Waals surface area contributed by atoms with Gasteiger partial charge in [0.15, 0.2) is 5.82 Å². The Kier molecular flexibility index (Phi) is 5.92. The van der Waals surface area contributed by atoms with E-state index < -0.39 is 0 Å². The number of methoxy groups -OCH3 is 1. The van der Waals surface area contributed by atoms with Crippen molar-refractivity contribution in [2.75, 3.05) is 25.6 Å². The molecule has 1 aromatic carbocycles. The summed E-state index contributed by atoms with van der Waals surface area (Å²) in [5, 5.41) is 8.78. The highest BCUT2D eigenvalue weighted by atomic mass is 16.5. The van der Waals surface area contributed by atoms with E-state index in [1.807, 2.05) is 37.8 Å². The van der Waals surface area contributed by atoms with Crippen molar-refractivity contribution in [3.8, 4) is 16.9 Å². The highest BCUT2D eigenvalue weighted by molar-refractivity contribution is 5.87. The Bertz CT molecular complexity index is 1260. The molecular formula is C25H28N6O2. The molecule has 0 amide bonds. The summed E-state index contributed by atoms with van der Waals surface area (Å²) in [6.07, 6.45) is 9.12. The van der Waals surface area contributed by atoms with Gasteiger partial charge in [0.05, 0.1) is 19.9 Å². The number of hydrogen-bond acceptors (Lipinski definition) is 7. The highest BCUT2D eigenvalue weighted by Crippen LogP contribution is 2.29. The molecule has 4 heterocycles. The Hall–Kier alpha value is -3.52. The number of anilines is 1. The normalized spacial score (nSPS) is 16.8. The molecule has 33 heavy (non-hydrogen) atoms. The van der Waals surface area contributed by atoms with E-state index in [1.54, 1.807) is 18.0 Å². The van der Waals surface area contributed by atoms with E-state index in [9.17, 15) is 0 Å². The van der Waals surface area contributed by atoms with Gasteiger partial charge in [-0.15, -0.1) is 0 Å². The Morgan fingerprint density at radius 2 is 2.12 bits per heavy atom. The molecule has 2 unspecified atom stereocenters. The van der Waals surface area contributed by atoms with Crippen LogP contribution in [0.5, 0.6) is 5.75 Å². The molecule has 0 spiro atoms. The molecule has 1 N–H and O–H groups in total. The van der Waals surface area contributed by atoms with Crippen LogP contribution in [-0.4, -0.2) is 51.1 Å². The van der Waals surface area contributed by atoms with E-state index in [4.69, 9.17) is 14.5 Å². The smallest absolute Gasteiger partial charge is 0.152 e. The molecule has 0 bridgehead atoms. The Balaban J connectivity index is 1.42. The van der Waals surface area contributed by atoms with Crippen LogP contribution in [0.25, 0.3) is 22.0 Å². The Morgan fingerprint density at radius 3 is 2.88 bits per heavy atom. The van der Waals surface area contributed by atoms with Crippen molar-refractivity contribution < 1.29 is 9.47 Å². The number of ether oxygens (including phenoxy) is 2. The van der Waals surface area contributed by atoms with Crippen molar-refractivity contribution in [2.45, 2.75) is 25.8 Å². The highest BCUT2D eigenvalue weighted by Gasteiger charge is 2.23. The second-order valence-electron chi connectivity index (χ2n) is 8.55. The fraction of sp³-hybridized carbons (Fsp3) is 0.360. The number of fused-ring (bicyclic) bond motifs is 1. The van der Waals surface area contributed by atoms with Crippen molar-refractivity contribution in [3.63, 3.8) is 0 Å². The molecule has 0 saturated carbocycles. The monoisotopic (exact) mass is 444 g/mol. The molecule has 4 aromatic rings. The number of nitrogens with one attached hydrogen (secondary N) is 1. The van der Waals surface area contributed by atoms with Gasteiger partial charge in [-0.1, -0.05) is 12.1 Å². The average molecular weight is 445 g/mol. The second kappa shape index (κ2) is 9.15. The third-order valence-corrected chi connectivity index (χ3v) is 6.26. The first-order valence-corrected chi connectivity index (χ1v) is 11.2. The Labute approximate surface area is 193 Å². The van der Waals surface area contributed by atoms with Crippen molar-refractivity contribution in [3.05, 3.63) is 60.4 Å². The molecular weight excluding hydrogens is 416 g/mol. The third-order valence-electron chi connectivity index (χ3n) is 6.26. The molecule has 8 heteroatoms. The Morgan fingerprint density at radius 1 is 1.21 bits per heavy atom. The van der Waals surface area contributed by atoms with Gasteiger partial charge in [-0.25, -0.2) is 15.0 Å². The van der Waals surface area contributed by atoms with Gasteiger partial charge in [0, 0.05) is 67.1 Å². The van der Waals surface area contributed by atoms with Crippen LogP contribution in [0.4, 0.5) is 5.82 Å². The zero-order valence-corrected chi connectivity index (χ0v) is 19.2. The fourth-order valence-electron chi connectivity index (χ4n) is 4.27. The maximum absolute atomic E-state index is 5.69. The molecule has 5 rings (SSSR count). The summed E-state index contributed by atoms with van der Waals surface area (Å²) >= 11 is 0. The quantitative estimate of drug-likeness (QED) is 0.463. The minimum atomic E-state index is 0.254. The van der Waals surface area contributed by atoms with Crippen LogP contribution in [-0.2, 0) is 18.2 Å².